The molecule has 2 amide bonds. The van der Waals surface area contributed by atoms with Gasteiger partial charge in [0.25, 0.3) is 5.91 Å². The van der Waals surface area contributed by atoms with Crippen LogP contribution in [-0.4, -0.2) is 34.7 Å². The van der Waals surface area contributed by atoms with Crippen molar-refractivity contribution in [1.82, 2.24) is 20.4 Å². The predicted molar refractivity (Wildman–Crippen MR) is 121 cm³/mol. The topological polar surface area (TPSA) is 76.0 Å². The van der Waals surface area contributed by atoms with Gasteiger partial charge in [-0.3, -0.25) is 9.59 Å². The number of nitrogens with one attached hydrogen (secondary N) is 2. The van der Waals surface area contributed by atoms with Crippen molar-refractivity contribution in [3.63, 3.8) is 0 Å². The Morgan fingerprint density at radius 2 is 1.74 bits per heavy atom. The zero-order valence-corrected chi connectivity index (χ0v) is 18.0. The maximum absolute atomic E-state index is 13.0. The third kappa shape index (κ3) is 4.85. The fraction of sp³-hybridized carbons (Fsp3) is 0.320. The molecule has 2 N–H and O–H groups in total. The number of para-hydroxylation sites is 1. The second-order valence-corrected chi connectivity index (χ2v) is 7.99. The molecular formula is C25H28N4O2. The molecule has 4 rings (SSSR count). The first kappa shape index (κ1) is 20.8. The standard InChI is InChI=1S/C25H28N4O2/c1-3-18-8-10-19(11-9-18)23-21(16-29(28-23)22-7-5-4-6-17(22)2)25(31)27-15-14-26-24(30)20-12-13-20/h4-11,16,20H,3,12-15H2,1-2H3,(H,26,30)(H,27,31). The Kier molecular flexibility index (Phi) is 6.16. The molecule has 1 heterocycles. The minimum Gasteiger partial charge on any atom is -0.354 e. The van der Waals surface area contributed by atoms with Crippen LogP contribution in [-0.2, 0) is 11.2 Å². The Labute approximate surface area is 182 Å². The fourth-order valence-corrected chi connectivity index (χ4v) is 3.54. The van der Waals surface area contributed by atoms with Crippen LogP contribution < -0.4 is 10.6 Å². The lowest BCUT2D eigenvalue weighted by Gasteiger charge is -2.07. The van der Waals surface area contributed by atoms with Gasteiger partial charge >= 0.3 is 0 Å². The van der Waals surface area contributed by atoms with Crippen LogP contribution in [0.4, 0.5) is 0 Å². The number of rotatable bonds is 8. The van der Waals surface area contributed by atoms with Crippen molar-refractivity contribution in [1.29, 1.82) is 0 Å². The molecule has 2 aromatic carbocycles. The van der Waals surface area contributed by atoms with E-state index >= 15 is 0 Å². The van der Waals surface area contributed by atoms with Crippen LogP contribution in [0.3, 0.4) is 0 Å². The Balaban J connectivity index is 1.57. The molecule has 0 atom stereocenters. The van der Waals surface area contributed by atoms with Crippen LogP contribution in [0.25, 0.3) is 16.9 Å². The van der Waals surface area contributed by atoms with Crippen molar-refractivity contribution < 1.29 is 9.59 Å². The molecule has 160 valence electrons. The summed E-state index contributed by atoms with van der Waals surface area (Å²) in [6, 6.07) is 16.1. The summed E-state index contributed by atoms with van der Waals surface area (Å²) in [6.07, 6.45) is 4.67. The molecule has 6 nitrogen and oxygen atoms in total. The van der Waals surface area contributed by atoms with Crippen molar-refractivity contribution in [2.24, 2.45) is 5.92 Å². The Morgan fingerprint density at radius 1 is 1.03 bits per heavy atom. The van der Waals surface area contributed by atoms with Crippen molar-refractivity contribution in [3.8, 4) is 16.9 Å². The van der Waals surface area contributed by atoms with Gasteiger partial charge in [-0.25, -0.2) is 4.68 Å². The van der Waals surface area contributed by atoms with Gasteiger partial charge in [-0.05, 0) is 43.4 Å². The SMILES string of the molecule is CCc1ccc(-c2nn(-c3ccccc3C)cc2C(=O)NCCNC(=O)C2CC2)cc1. The van der Waals surface area contributed by atoms with Gasteiger partial charge in [-0.1, -0.05) is 49.4 Å². The number of nitrogens with zero attached hydrogens (tertiary/aromatic N) is 2. The van der Waals surface area contributed by atoms with E-state index in [0.29, 0.717) is 24.3 Å². The molecule has 0 spiro atoms. The zero-order valence-electron chi connectivity index (χ0n) is 18.0. The van der Waals surface area contributed by atoms with E-state index in [4.69, 9.17) is 5.10 Å². The number of aromatic nitrogens is 2. The largest absolute Gasteiger partial charge is 0.354 e. The molecular weight excluding hydrogens is 388 g/mol. The van der Waals surface area contributed by atoms with Gasteiger partial charge in [0.05, 0.1) is 11.3 Å². The molecule has 1 saturated carbocycles. The quantitative estimate of drug-likeness (QED) is 0.550. The first-order valence-electron chi connectivity index (χ1n) is 10.9. The lowest BCUT2D eigenvalue weighted by Crippen LogP contribution is -2.35. The first-order chi connectivity index (χ1) is 15.1. The van der Waals surface area contributed by atoms with Crippen LogP contribution in [0.2, 0.25) is 0 Å². The summed E-state index contributed by atoms with van der Waals surface area (Å²) in [6.45, 7) is 4.94. The number of aryl methyl sites for hydroxylation is 2. The molecule has 31 heavy (non-hydrogen) atoms. The van der Waals surface area contributed by atoms with E-state index in [0.717, 1.165) is 36.1 Å². The van der Waals surface area contributed by atoms with Crippen LogP contribution in [0, 0.1) is 12.8 Å². The summed E-state index contributed by atoms with van der Waals surface area (Å²) >= 11 is 0. The summed E-state index contributed by atoms with van der Waals surface area (Å²) in [5.74, 6) is 0.0501. The molecule has 0 bridgehead atoms. The van der Waals surface area contributed by atoms with E-state index < -0.39 is 0 Å². The van der Waals surface area contributed by atoms with E-state index in [9.17, 15) is 9.59 Å². The molecule has 1 aliphatic rings. The number of amides is 2. The van der Waals surface area contributed by atoms with Gasteiger partial charge in [0.1, 0.15) is 5.69 Å². The average molecular weight is 417 g/mol. The predicted octanol–water partition coefficient (Wildman–Crippen LogP) is 3.67. The van der Waals surface area contributed by atoms with Crippen molar-refractivity contribution in [3.05, 3.63) is 71.4 Å². The highest BCUT2D eigenvalue weighted by molar-refractivity contribution is 6.00. The van der Waals surface area contributed by atoms with Gasteiger partial charge in [-0.2, -0.15) is 5.10 Å². The van der Waals surface area contributed by atoms with E-state index in [1.807, 2.05) is 43.3 Å². The molecule has 0 aliphatic heterocycles. The van der Waals surface area contributed by atoms with E-state index in [1.165, 1.54) is 5.56 Å². The fourth-order valence-electron chi connectivity index (χ4n) is 3.54. The number of benzene rings is 2. The van der Waals surface area contributed by atoms with Gasteiger partial charge in [0.2, 0.25) is 5.91 Å². The summed E-state index contributed by atoms with van der Waals surface area (Å²) in [7, 11) is 0. The highest BCUT2D eigenvalue weighted by Crippen LogP contribution is 2.28. The number of hydrogen-bond acceptors (Lipinski definition) is 3. The molecule has 3 aromatic rings. The monoisotopic (exact) mass is 416 g/mol. The highest BCUT2D eigenvalue weighted by Gasteiger charge is 2.29. The third-order valence-corrected chi connectivity index (χ3v) is 5.61. The smallest absolute Gasteiger partial charge is 0.255 e. The highest BCUT2D eigenvalue weighted by atomic mass is 16.2. The normalized spacial score (nSPS) is 13.1. The van der Waals surface area contributed by atoms with Gasteiger partial charge in [0.15, 0.2) is 0 Å². The van der Waals surface area contributed by atoms with E-state index in [-0.39, 0.29) is 17.7 Å². The molecule has 0 radical (unpaired) electrons. The summed E-state index contributed by atoms with van der Waals surface area (Å²) in [4.78, 5) is 24.8. The summed E-state index contributed by atoms with van der Waals surface area (Å²) in [5, 5.41) is 10.6. The molecule has 0 saturated heterocycles. The molecule has 1 fully saturated rings. The molecule has 1 aliphatic carbocycles. The van der Waals surface area contributed by atoms with Crippen LogP contribution >= 0.6 is 0 Å². The molecule has 6 heteroatoms. The molecule has 1 aromatic heterocycles. The number of carbonyl (C=O) groups excluding carboxylic acids is 2. The van der Waals surface area contributed by atoms with E-state index in [2.05, 4.69) is 29.7 Å². The lowest BCUT2D eigenvalue weighted by atomic mass is 10.0. The second kappa shape index (κ2) is 9.16. The summed E-state index contributed by atoms with van der Waals surface area (Å²) in [5.41, 5.74) is 5.31. The lowest BCUT2D eigenvalue weighted by molar-refractivity contribution is -0.122. The minimum absolute atomic E-state index is 0.0818. The summed E-state index contributed by atoms with van der Waals surface area (Å²) < 4.78 is 1.77. The Morgan fingerprint density at radius 3 is 2.42 bits per heavy atom. The van der Waals surface area contributed by atoms with Gasteiger partial charge < -0.3 is 10.6 Å². The second-order valence-electron chi connectivity index (χ2n) is 7.99. The first-order valence-corrected chi connectivity index (χ1v) is 10.9. The Hall–Kier alpha value is -3.41. The molecule has 0 unspecified atom stereocenters. The maximum Gasteiger partial charge on any atom is 0.255 e. The van der Waals surface area contributed by atoms with Crippen LogP contribution in [0.15, 0.2) is 54.7 Å². The van der Waals surface area contributed by atoms with Gasteiger partial charge in [0, 0.05) is 30.8 Å². The number of hydrogen-bond donors (Lipinski definition) is 2. The van der Waals surface area contributed by atoms with Crippen molar-refractivity contribution >= 4 is 11.8 Å². The van der Waals surface area contributed by atoms with Crippen molar-refractivity contribution in [2.75, 3.05) is 13.1 Å². The van der Waals surface area contributed by atoms with Crippen molar-refractivity contribution in [2.45, 2.75) is 33.1 Å². The maximum atomic E-state index is 13.0. The zero-order chi connectivity index (χ0) is 21.8. The Bertz CT molecular complexity index is 1080. The number of carbonyl (C=O) groups is 2. The van der Waals surface area contributed by atoms with Crippen LogP contribution in [0.1, 0.15) is 41.3 Å². The van der Waals surface area contributed by atoms with E-state index in [1.54, 1.807) is 10.9 Å². The van der Waals surface area contributed by atoms with Gasteiger partial charge in [-0.15, -0.1) is 0 Å². The third-order valence-electron chi connectivity index (χ3n) is 5.61. The minimum atomic E-state index is -0.199. The average Bonchev–Trinajstić information content (AvgIpc) is 3.55. The van der Waals surface area contributed by atoms with Crippen LogP contribution in [0.5, 0.6) is 0 Å².